The van der Waals surface area contributed by atoms with E-state index >= 15 is 0 Å². The maximum absolute atomic E-state index is 10.9. The van der Waals surface area contributed by atoms with Gasteiger partial charge in [-0.25, -0.2) is 0 Å². The van der Waals surface area contributed by atoms with Crippen molar-refractivity contribution in [3.63, 3.8) is 0 Å². The molecule has 35 heavy (non-hydrogen) atoms. The lowest BCUT2D eigenvalue weighted by atomic mass is 9.79. The first-order chi connectivity index (χ1) is 17.1. The molecule has 0 spiro atoms. The predicted octanol–water partition coefficient (Wildman–Crippen LogP) is 6.96. The standard InChI is InChI=1S/C30H39ClN2O2/c1-3-7-24-16-23-11-13-32(12-6-9-21(23)4-2)30(24)33-14-15-35-29-26(20-33)17-25(19-28(29)34)22-8-5-10-27(31)18-22/h5-6,8-10,17-19,21,23-24,30,34H,3-4,7,11-16,20H2,1-2H3/b9-6+. The quantitative estimate of drug-likeness (QED) is 0.456. The molecule has 188 valence electrons. The summed E-state index contributed by atoms with van der Waals surface area (Å²) in [6.07, 6.45) is 11.6. The van der Waals surface area contributed by atoms with Crippen LogP contribution >= 0.6 is 11.6 Å². The number of phenolic OH excluding ortho intramolecular Hbond substituents is 1. The fourth-order valence-corrected chi connectivity index (χ4v) is 6.91. The van der Waals surface area contributed by atoms with Gasteiger partial charge in [0.15, 0.2) is 11.5 Å². The van der Waals surface area contributed by atoms with Gasteiger partial charge in [0.2, 0.25) is 0 Å². The van der Waals surface area contributed by atoms with E-state index in [-0.39, 0.29) is 5.75 Å². The lowest BCUT2D eigenvalue weighted by molar-refractivity contribution is 0.00229. The highest BCUT2D eigenvalue weighted by Gasteiger charge is 2.39. The largest absolute Gasteiger partial charge is 0.504 e. The van der Waals surface area contributed by atoms with E-state index in [0.29, 0.717) is 35.4 Å². The summed E-state index contributed by atoms with van der Waals surface area (Å²) in [5.74, 6) is 2.98. The van der Waals surface area contributed by atoms with Crippen LogP contribution in [0.4, 0.5) is 0 Å². The number of hydrogen-bond acceptors (Lipinski definition) is 4. The van der Waals surface area contributed by atoms with Crippen LogP contribution in [0.3, 0.4) is 0 Å². The third-order valence-electron chi connectivity index (χ3n) is 8.32. The number of phenols is 1. The van der Waals surface area contributed by atoms with Crippen molar-refractivity contribution in [1.82, 2.24) is 9.80 Å². The van der Waals surface area contributed by atoms with E-state index in [4.69, 9.17) is 16.3 Å². The first-order valence-corrected chi connectivity index (χ1v) is 13.8. The summed E-state index contributed by atoms with van der Waals surface area (Å²) in [6, 6.07) is 11.8. The van der Waals surface area contributed by atoms with Crippen molar-refractivity contribution in [2.24, 2.45) is 17.8 Å². The van der Waals surface area contributed by atoms with E-state index in [1.54, 1.807) is 6.07 Å². The minimum absolute atomic E-state index is 0.217. The Bertz CT molecular complexity index is 1050. The highest BCUT2D eigenvalue weighted by molar-refractivity contribution is 6.30. The molecule has 1 fully saturated rings. The first-order valence-electron chi connectivity index (χ1n) is 13.5. The third-order valence-corrected chi connectivity index (χ3v) is 8.56. The van der Waals surface area contributed by atoms with Gasteiger partial charge in [0, 0.05) is 36.8 Å². The van der Waals surface area contributed by atoms with Crippen LogP contribution in [0.15, 0.2) is 48.6 Å². The second-order valence-corrected chi connectivity index (χ2v) is 11.0. The fraction of sp³-hybridized carbons (Fsp3) is 0.533. The van der Waals surface area contributed by atoms with Crippen molar-refractivity contribution in [3.05, 3.63) is 59.1 Å². The van der Waals surface area contributed by atoms with Crippen molar-refractivity contribution >= 4 is 11.6 Å². The van der Waals surface area contributed by atoms with Crippen molar-refractivity contribution in [2.45, 2.75) is 58.7 Å². The van der Waals surface area contributed by atoms with Gasteiger partial charge in [-0.05, 0) is 78.8 Å². The molecule has 2 aromatic rings. The summed E-state index contributed by atoms with van der Waals surface area (Å²) in [5, 5.41) is 11.6. The normalized spacial score (nSPS) is 29.9. The Morgan fingerprint density at radius 3 is 2.77 bits per heavy atom. The van der Waals surface area contributed by atoms with Crippen molar-refractivity contribution < 1.29 is 9.84 Å². The van der Waals surface area contributed by atoms with Gasteiger partial charge in [0.05, 0.1) is 6.17 Å². The van der Waals surface area contributed by atoms with Gasteiger partial charge in [0.1, 0.15) is 6.61 Å². The molecule has 5 unspecified atom stereocenters. The molecule has 3 aliphatic heterocycles. The molecular weight excluding hydrogens is 456 g/mol. The molecule has 5 heteroatoms. The molecule has 4 nitrogen and oxygen atoms in total. The molecule has 1 saturated heterocycles. The second kappa shape index (κ2) is 10.9. The van der Waals surface area contributed by atoms with Crippen LogP contribution in [0.2, 0.25) is 5.02 Å². The average Bonchev–Trinajstić information content (AvgIpc) is 3.12. The molecule has 0 aliphatic carbocycles. The van der Waals surface area contributed by atoms with E-state index in [0.717, 1.165) is 48.8 Å². The minimum Gasteiger partial charge on any atom is -0.504 e. The number of aromatic hydroxyl groups is 1. The van der Waals surface area contributed by atoms with Gasteiger partial charge in [-0.2, -0.15) is 0 Å². The SMILES string of the molecule is CCCC1CC2CCN(C/C=C/C2CC)C1N1CCOc2c(O)cc(-c3cccc(Cl)c3)cc2C1. The summed E-state index contributed by atoms with van der Waals surface area (Å²) in [6.45, 7) is 9.10. The van der Waals surface area contributed by atoms with E-state index in [1.807, 2.05) is 24.3 Å². The Labute approximate surface area is 215 Å². The average molecular weight is 495 g/mol. The van der Waals surface area contributed by atoms with Crippen molar-refractivity contribution in [3.8, 4) is 22.6 Å². The Kier molecular flexibility index (Phi) is 7.71. The third kappa shape index (κ3) is 5.26. The molecule has 1 N–H and O–H groups in total. The molecule has 3 heterocycles. The van der Waals surface area contributed by atoms with Crippen LogP contribution in [0.5, 0.6) is 11.5 Å². The van der Waals surface area contributed by atoms with E-state index in [9.17, 15) is 5.11 Å². The summed E-state index contributed by atoms with van der Waals surface area (Å²) in [7, 11) is 0. The summed E-state index contributed by atoms with van der Waals surface area (Å²) in [4.78, 5) is 5.35. The van der Waals surface area contributed by atoms with Gasteiger partial charge >= 0.3 is 0 Å². The number of nitrogens with zero attached hydrogens (tertiary/aromatic N) is 2. The highest BCUT2D eigenvalue weighted by atomic mass is 35.5. The van der Waals surface area contributed by atoms with E-state index in [2.05, 4.69) is 41.9 Å². The Morgan fingerprint density at radius 1 is 1.09 bits per heavy atom. The summed E-state index contributed by atoms with van der Waals surface area (Å²) >= 11 is 6.27. The summed E-state index contributed by atoms with van der Waals surface area (Å²) < 4.78 is 6.15. The van der Waals surface area contributed by atoms with Crippen LogP contribution in [0.1, 0.15) is 51.5 Å². The molecule has 0 radical (unpaired) electrons. The zero-order valence-corrected chi connectivity index (χ0v) is 21.9. The van der Waals surface area contributed by atoms with Crippen molar-refractivity contribution in [2.75, 3.05) is 26.2 Å². The molecule has 5 rings (SSSR count). The number of ether oxygens (including phenoxy) is 1. The maximum atomic E-state index is 10.9. The molecule has 0 saturated carbocycles. The van der Waals surface area contributed by atoms with Gasteiger partial charge in [-0.1, -0.05) is 56.2 Å². The fourth-order valence-electron chi connectivity index (χ4n) is 6.72. The molecule has 2 aromatic carbocycles. The van der Waals surface area contributed by atoms with Crippen LogP contribution in [0.25, 0.3) is 11.1 Å². The Balaban J connectivity index is 1.49. The number of rotatable bonds is 5. The van der Waals surface area contributed by atoms with Gasteiger partial charge in [0.25, 0.3) is 0 Å². The van der Waals surface area contributed by atoms with Gasteiger partial charge in [-0.3, -0.25) is 9.80 Å². The number of hydrogen-bond donors (Lipinski definition) is 1. The smallest absolute Gasteiger partial charge is 0.165 e. The van der Waals surface area contributed by atoms with Crippen LogP contribution < -0.4 is 4.74 Å². The minimum atomic E-state index is 0.217. The number of fused-ring (bicyclic) bond motifs is 4. The second-order valence-electron chi connectivity index (χ2n) is 10.6. The molecule has 0 amide bonds. The van der Waals surface area contributed by atoms with Gasteiger partial charge < -0.3 is 9.84 Å². The lowest BCUT2D eigenvalue weighted by Crippen LogP contribution is -2.52. The number of allylic oxidation sites excluding steroid dienone is 1. The Morgan fingerprint density at radius 2 is 1.97 bits per heavy atom. The van der Waals surface area contributed by atoms with E-state index < -0.39 is 0 Å². The zero-order valence-electron chi connectivity index (χ0n) is 21.1. The van der Waals surface area contributed by atoms with Crippen LogP contribution in [0, 0.1) is 17.8 Å². The van der Waals surface area contributed by atoms with Crippen molar-refractivity contribution in [1.29, 1.82) is 0 Å². The molecule has 2 bridgehead atoms. The van der Waals surface area contributed by atoms with Crippen LogP contribution in [-0.2, 0) is 6.54 Å². The van der Waals surface area contributed by atoms with Gasteiger partial charge in [-0.15, -0.1) is 0 Å². The monoisotopic (exact) mass is 494 g/mol. The molecule has 0 aromatic heterocycles. The molecule has 3 aliphatic rings. The molecular formula is C30H39ClN2O2. The first kappa shape index (κ1) is 24.7. The number of benzene rings is 2. The highest BCUT2D eigenvalue weighted by Crippen LogP contribution is 2.42. The predicted molar refractivity (Wildman–Crippen MR) is 144 cm³/mol. The van der Waals surface area contributed by atoms with Crippen LogP contribution in [-0.4, -0.2) is 47.3 Å². The zero-order chi connectivity index (χ0) is 24.4. The topological polar surface area (TPSA) is 35.9 Å². The van der Waals surface area contributed by atoms with E-state index in [1.165, 1.54) is 32.1 Å². The summed E-state index contributed by atoms with van der Waals surface area (Å²) in [5.41, 5.74) is 3.05. The lowest BCUT2D eigenvalue weighted by Gasteiger charge is -2.42. The number of halogens is 1. The molecule has 5 atom stereocenters. The Hall–Kier alpha value is -2.01. The maximum Gasteiger partial charge on any atom is 0.165 e.